The fraction of sp³-hybridized carbons (Fsp3) is 0.615. The molecule has 1 aliphatic heterocycles. The SMILES string of the molecule is CCCCC(Cl)C(CCN(C1=CCC(CC)(N2CCNCC2)C=C1)S(=O)(=O)O)c1ccc(Cl)cc1Cl. The van der Waals surface area contributed by atoms with Gasteiger partial charge in [-0.05, 0) is 49.5 Å². The molecule has 3 unspecified atom stereocenters. The number of halogens is 3. The Morgan fingerprint density at radius 2 is 1.92 bits per heavy atom. The van der Waals surface area contributed by atoms with Crippen molar-refractivity contribution in [2.24, 2.45) is 0 Å². The average molecular weight is 579 g/mol. The minimum atomic E-state index is -4.48. The van der Waals surface area contributed by atoms with Crippen LogP contribution in [0.25, 0.3) is 0 Å². The standard InChI is InChI=1S/C26H38Cl3N3O3S/c1-3-5-6-24(28)23(22-8-7-20(27)19-25(22)29)11-16-32(36(33,34)35)21-9-12-26(4-2,13-10-21)31-17-14-30-15-18-31/h7-10,12,19,23-24,30H,3-6,11,13-18H2,1-2H3,(H,33,34,35). The summed E-state index contributed by atoms with van der Waals surface area (Å²) in [6.07, 6.45) is 10.6. The summed E-state index contributed by atoms with van der Waals surface area (Å²) in [6.45, 7) is 8.12. The minimum absolute atomic E-state index is 0.0841. The van der Waals surface area contributed by atoms with E-state index in [1.165, 1.54) is 0 Å². The lowest BCUT2D eigenvalue weighted by Crippen LogP contribution is -2.55. The number of hydrogen-bond acceptors (Lipinski definition) is 4. The molecule has 0 saturated carbocycles. The molecule has 0 radical (unpaired) electrons. The predicted octanol–water partition coefficient (Wildman–Crippen LogP) is 6.27. The number of hydrogen-bond donors (Lipinski definition) is 2. The molecule has 36 heavy (non-hydrogen) atoms. The van der Waals surface area contributed by atoms with Crippen LogP contribution in [0.5, 0.6) is 0 Å². The highest BCUT2D eigenvalue weighted by Gasteiger charge is 2.36. The summed E-state index contributed by atoms with van der Waals surface area (Å²) in [6, 6.07) is 5.31. The number of nitrogens with zero attached hydrogens (tertiary/aromatic N) is 2. The van der Waals surface area contributed by atoms with E-state index in [9.17, 15) is 13.0 Å². The fourth-order valence-corrected chi connectivity index (χ4v) is 6.94. The van der Waals surface area contributed by atoms with Crippen LogP contribution in [0.15, 0.2) is 42.1 Å². The van der Waals surface area contributed by atoms with E-state index in [0.29, 0.717) is 28.6 Å². The molecule has 1 fully saturated rings. The second-order valence-corrected chi connectivity index (χ2v) is 12.4. The molecule has 1 saturated heterocycles. The average Bonchev–Trinajstić information content (AvgIpc) is 2.86. The largest absolute Gasteiger partial charge is 0.359 e. The summed E-state index contributed by atoms with van der Waals surface area (Å²) in [5, 5.41) is 4.19. The molecule has 2 aliphatic rings. The van der Waals surface area contributed by atoms with E-state index in [0.717, 1.165) is 61.7 Å². The smallest absolute Gasteiger partial charge is 0.314 e. The molecule has 202 valence electrons. The summed E-state index contributed by atoms with van der Waals surface area (Å²) in [7, 11) is -4.48. The Hall–Kier alpha value is -0.800. The van der Waals surface area contributed by atoms with Gasteiger partial charge in [0.2, 0.25) is 0 Å². The molecule has 1 aromatic carbocycles. The Morgan fingerprint density at radius 1 is 1.19 bits per heavy atom. The molecule has 3 rings (SSSR count). The Balaban J connectivity index is 1.82. The molecule has 2 N–H and O–H groups in total. The highest BCUT2D eigenvalue weighted by Crippen LogP contribution is 2.38. The molecule has 0 aromatic heterocycles. The zero-order valence-electron chi connectivity index (χ0n) is 21.1. The molecule has 6 nitrogen and oxygen atoms in total. The van der Waals surface area contributed by atoms with Crippen molar-refractivity contribution in [3.05, 3.63) is 57.7 Å². The van der Waals surface area contributed by atoms with Crippen molar-refractivity contribution in [1.29, 1.82) is 0 Å². The van der Waals surface area contributed by atoms with Crippen LogP contribution >= 0.6 is 34.8 Å². The second-order valence-electron chi connectivity index (χ2n) is 9.63. The third-order valence-electron chi connectivity index (χ3n) is 7.43. The van der Waals surface area contributed by atoms with Gasteiger partial charge in [0, 0.05) is 65.3 Å². The van der Waals surface area contributed by atoms with Gasteiger partial charge in [-0.15, -0.1) is 11.6 Å². The summed E-state index contributed by atoms with van der Waals surface area (Å²) in [5.74, 6) is -0.198. The van der Waals surface area contributed by atoms with Gasteiger partial charge >= 0.3 is 10.3 Å². The van der Waals surface area contributed by atoms with Crippen molar-refractivity contribution in [2.75, 3.05) is 32.7 Å². The van der Waals surface area contributed by atoms with Crippen molar-refractivity contribution in [2.45, 2.75) is 69.2 Å². The first-order valence-corrected chi connectivity index (χ1v) is 15.4. The van der Waals surface area contributed by atoms with Gasteiger partial charge in [0.1, 0.15) is 0 Å². The zero-order valence-corrected chi connectivity index (χ0v) is 24.2. The van der Waals surface area contributed by atoms with Gasteiger partial charge in [0.05, 0.1) is 0 Å². The highest BCUT2D eigenvalue weighted by atomic mass is 35.5. The maximum Gasteiger partial charge on any atom is 0.359 e. The van der Waals surface area contributed by atoms with Crippen LogP contribution in [0, 0.1) is 0 Å². The fourth-order valence-electron chi connectivity index (χ4n) is 5.24. The van der Waals surface area contributed by atoms with E-state index >= 15 is 0 Å². The number of benzene rings is 1. The maximum atomic E-state index is 12.5. The number of piperazine rings is 1. The summed E-state index contributed by atoms with van der Waals surface area (Å²) >= 11 is 19.5. The van der Waals surface area contributed by atoms with Gasteiger partial charge in [-0.1, -0.05) is 68.1 Å². The van der Waals surface area contributed by atoms with Gasteiger partial charge < -0.3 is 5.32 Å². The lowest BCUT2D eigenvalue weighted by atomic mass is 9.85. The van der Waals surface area contributed by atoms with Gasteiger partial charge in [-0.3, -0.25) is 9.45 Å². The van der Waals surface area contributed by atoms with E-state index in [-0.39, 0.29) is 23.4 Å². The van der Waals surface area contributed by atoms with Gasteiger partial charge in [0.15, 0.2) is 0 Å². The Morgan fingerprint density at radius 3 is 2.47 bits per heavy atom. The van der Waals surface area contributed by atoms with Crippen LogP contribution in [0.2, 0.25) is 10.0 Å². The number of allylic oxidation sites excluding steroid dienone is 1. The van der Waals surface area contributed by atoms with E-state index in [4.69, 9.17) is 34.8 Å². The minimum Gasteiger partial charge on any atom is -0.314 e. The molecule has 0 bridgehead atoms. The van der Waals surface area contributed by atoms with Crippen LogP contribution in [0.4, 0.5) is 0 Å². The van der Waals surface area contributed by atoms with Gasteiger partial charge in [-0.2, -0.15) is 8.42 Å². The molecule has 3 atom stereocenters. The molecule has 1 aromatic rings. The van der Waals surface area contributed by atoms with Crippen molar-refractivity contribution < 1.29 is 13.0 Å². The van der Waals surface area contributed by atoms with Crippen molar-refractivity contribution in [3.8, 4) is 0 Å². The number of alkyl halides is 1. The quantitative estimate of drug-likeness (QED) is 0.226. The monoisotopic (exact) mass is 577 g/mol. The normalized spacial score (nSPS) is 22.8. The summed E-state index contributed by atoms with van der Waals surface area (Å²) < 4.78 is 36.2. The first-order chi connectivity index (χ1) is 17.1. The third kappa shape index (κ3) is 7.40. The predicted molar refractivity (Wildman–Crippen MR) is 151 cm³/mol. The van der Waals surface area contributed by atoms with Crippen LogP contribution in [-0.2, 0) is 10.3 Å². The van der Waals surface area contributed by atoms with Crippen molar-refractivity contribution in [3.63, 3.8) is 0 Å². The van der Waals surface area contributed by atoms with Crippen LogP contribution < -0.4 is 5.32 Å². The van der Waals surface area contributed by atoms with Crippen molar-refractivity contribution in [1.82, 2.24) is 14.5 Å². The van der Waals surface area contributed by atoms with E-state index in [2.05, 4.69) is 30.1 Å². The molecule has 1 heterocycles. The molecular formula is C26H38Cl3N3O3S. The summed E-state index contributed by atoms with van der Waals surface area (Å²) in [5.41, 5.74) is 1.18. The number of rotatable bonds is 12. The van der Waals surface area contributed by atoms with E-state index < -0.39 is 10.3 Å². The lowest BCUT2D eigenvalue weighted by Gasteiger charge is -2.45. The van der Waals surface area contributed by atoms with Crippen LogP contribution in [0.3, 0.4) is 0 Å². The molecular weight excluding hydrogens is 541 g/mol. The van der Waals surface area contributed by atoms with Gasteiger partial charge in [0.25, 0.3) is 0 Å². The topological polar surface area (TPSA) is 72.9 Å². The molecule has 1 aliphatic carbocycles. The Labute approximate surface area is 231 Å². The lowest BCUT2D eigenvalue weighted by molar-refractivity contribution is 0.108. The Bertz CT molecular complexity index is 1040. The number of nitrogens with one attached hydrogen (secondary N) is 1. The first kappa shape index (κ1) is 29.8. The first-order valence-electron chi connectivity index (χ1n) is 12.8. The summed E-state index contributed by atoms with van der Waals surface area (Å²) in [4.78, 5) is 2.45. The van der Waals surface area contributed by atoms with E-state index in [1.807, 2.05) is 18.2 Å². The van der Waals surface area contributed by atoms with Crippen LogP contribution in [0.1, 0.15) is 63.9 Å². The molecule has 10 heteroatoms. The molecule has 0 amide bonds. The Kier molecular flexibility index (Phi) is 11.0. The van der Waals surface area contributed by atoms with Crippen molar-refractivity contribution >= 4 is 45.1 Å². The van der Waals surface area contributed by atoms with Gasteiger partial charge in [-0.25, -0.2) is 4.31 Å². The third-order valence-corrected chi connectivity index (χ3v) is 9.46. The van der Waals surface area contributed by atoms with Crippen LogP contribution in [-0.4, -0.2) is 65.8 Å². The van der Waals surface area contributed by atoms with E-state index in [1.54, 1.807) is 12.1 Å². The zero-order chi connectivity index (χ0) is 26.3. The molecule has 0 spiro atoms. The number of unbranched alkanes of at least 4 members (excludes halogenated alkanes) is 1. The second kappa shape index (κ2) is 13.3. The highest BCUT2D eigenvalue weighted by molar-refractivity contribution is 7.83. The maximum absolute atomic E-state index is 12.5.